The molecular weight excluding hydrogens is 669 g/mol. The molecule has 0 unspecified atom stereocenters. The van der Waals surface area contributed by atoms with Gasteiger partial charge in [0.05, 0.1) is 27.9 Å². The van der Waals surface area contributed by atoms with Crippen molar-refractivity contribution in [2.45, 2.75) is 13.5 Å². The molecule has 9 heteroatoms. The molecule has 0 aromatic heterocycles. The van der Waals surface area contributed by atoms with E-state index in [1.54, 1.807) is 20.1 Å². The number of aliphatic hydroxyl groups excluding tert-OH is 1. The van der Waals surface area contributed by atoms with E-state index in [2.05, 4.69) is 43.5 Å². The Morgan fingerprint density at radius 1 is 1.14 bits per heavy atom. The number of hydrogen-bond acceptors (Lipinski definition) is 7. The Morgan fingerprint density at radius 2 is 1.86 bits per heavy atom. The molecule has 0 bridgehead atoms. The average Bonchev–Trinajstić information content (AvgIpc) is 3.19. The summed E-state index contributed by atoms with van der Waals surface area (Å²) in [5.74, 6) is 0.411. The Kier molecular flexibility index (Phi) is 9.33. The van der Waals surface area contributed by atoms with E-state index in [1.807, 2.05) is 66.7 Å². The number of thioether (sulfide) groups is 1. The lowest BCUT2D eigenvalue weighted by Crippen LogP contribution is -2.12. The van der Waals surface area contributed by atoms with E-state index in [9.17, 15) is 9.90 Å². The van der Waals surface area contributed by atoms with Crippen LogP contribution in [0.2, 0.25) is 0 Å². The summed E-state index contributed by atoms with van der Waals surface area (Å²) in [5.41, 5.74) is 2.53. The molecule has 0 radical (unpaired) electrons. The van der Waals surface area contributed by atoms with E-state index >= 15 is 0 Å². The minimum Gasteiger partial charge on any atom is -0.506 e. The fourth-order valence-corrected chi connectivity index (χ4v) is 5.54. The molecule has 0 atom stereocenters. The molecule has 0 saturated heterocycles. The maximum Gasteiger partial charge on any atom is 0.344 e. The first-order chi connectivity index (χ1) is 17.9. The summed E-state index contributed by atoms with van der Waals surface area (Å²) in [6, 6.07) is 20.9. The Labute approximate surface area is 241 Å². The standard InChI is InChI=1S/C28H23BrINO5S/c1-3-35-28(33)24-25(32)23(37-27(24)31-20-7-5-4-6-8-20)15-18-13-21(30)26(22(14-18)34-2)36-16-17-9-11-19(29)12-10-17/h4-15,32H,3,16H2,1-2H3/b23-15-,31-27?. The van der Waals surface area contributed by atoms with Gasteiger partial charge in [-0.1, -0.05) is 58.0 Å². The van der Waals surface area contributed by atoms with Gasteiger partial charge in [0, 0.05) is 4.47 Å². The van der Waals surface area contributed by atoms with Gasteiger partial charge in [0.1, 0.15) is 23.0 Å². The van der Waals surface area contributed by atoms with Crippen molar-refractivity contribution < 1.29 is 24.1 Å². The molecule has 190 valence electrons. The second kappa shape index (κ2) is 12.7. The minimum absolute atomic E-state index is 0.0538. The van der Waals surface area contributed by atoms with Crippen LogP contribution in [0.4, 0.5) is 5.69 Å². The molecule has 1 N–H and O–H groups in total. The van der Waals surface area contributed by atoms with Crippen LogP contribution in [0, 0.1) is 3.57 Å². The lowest BCUT2D eigenvalue weighted by molar-refractivity contribution is -0.138. The summed E-state index contributed by atoms with van der Waals surface area (Å²) in [4.78, 5) is 17.7. The SMILES string of the molecule is CCOC(=O)C1=C(O)/C(=C/c2cc(I)c(OCc3ccc(Br)cc3)c(OC)c2)SC1=Nc1ccccc1. The van der Waals surface area contributed by atoms with Crippen LogP contribution < -0.4 is 9.47 Å². The van der Waals surface area contributed by atoms with Crippen molar-refractivity contribution in [2.24, 2.45) is 4.99 Å². The highest BCUT2D eigenvalue weighted by atomic mass is 127. The lowest BCUT2D eigenvalue weighted by atomic mass is 10.1. The van der Waals surface area contributed by atoms with E-state index in [0.717, 1.165) is 19.2 Å². The average molecular weight is 692 g/mol. The first-order valence-electron chi connectivity index (χ1n) is 11.3. The van der Waals surface area contributed by atoms with Gasteiger partial charge >= 0.3 is 5.97 Å². The van der Waals surface area contributed by atoms with E-state index in [0.29, 0.717) is 33.7 Å². The molecule has 1 aliphatic rings. The van der Waals surface area contributed by atoms with Crippen molar-refractivity contribution in [3.8, 4) is 11.5 Å². The third-order valence-corrected chi connectivity index (χ3v) is 7.55. The number of nitrogens with zero attached hydrogens (tertiary/aromatic N) is 1. The number of ether oxygens (including phenoxy) is 3. The smallest absolute Gasteiger partial charge is 0.344 e. The fourth-order valence-electron chi connectivity index (χ4n) is 3.46. The zero-order valence-electron chi connectivity index (χ0n) is 20.0. The number of halogens is 2. The van der Waals surface area contributed by atoms with Gasteiger partial charge in [-0.3, -0.25) is 0 Å². The molecule has 0 amide bonds. The molecule has 0 saturated carbocycles. The van der Waals surface area contributed by atoms with Crippen molar-refractivity contribution in [3.63, 3.8) is 0 Å². The summed E-state index contributed by atoms with van der Waals surface area (Å²) < 4.78 is 18.7. The molecule has 1 heterocycles. The third-order valence-electron chi connectivity index (χ3n) is 5.20. The van der Waals surface area contributed by atoms with Gasteiger partial charge in [-0.15, -0.1) is 0 Å². The zero-order valence-corrected chi connectivity index (χ0v) is 24.6. The Hall–Kier alpha value is -2.76. The Morgan fingerprint density at radius 3 is 2.54 bits per heavy atom. The van der Waals surface area contributed by atoms with Crippen LogP contribution in [0.25, 0.3) is 6.08 Å². The quantitative estimate of drug-likeness (QED) is 0.192. The topological polar surface area (TPSA) is 77.4 Å². The second-order valence-electron chi connectivity index (χ2n) is 7.76. The summed E-state index contributed by atoms with van der Waals surface area (Å²) in [5, 5.41) is 11.4. The van der Waals surface area contributed by atoms with Gasteiger partial charge in [0.25, 0.3) is 0 Å². The van der Waals surface area contributed by atoms with E-state index in [1.165, 1.54) is 11.8 Å². The molecule has 0 spiro atoms. The van der Waals surface area contributed by atoms with Gasteiger partial charge in [0.15, 0.2) is 11.5 Å². The number of carbonyl (C=O) groups excluding carboxylic acids is 1. The van der Waals surface area contributed by atoms with Gasteiger partial charge < -0.3 is 19.3 Å². The Bertz CT molecular complexity index is 1390. The third kappa shape index (κ3) is 6.77. The predicted molar refractivity (Wildman–Crippen MR) is 160 cm³/mol. The number of aliphatic hydroxyl groups is 1. The molecule has 6 nitrogen and oxygen atoms in total. The molecule has 37 heavy (non-hydrogen) atoms. The normalized spacial score (nSPS) is 15.4. The number of benzene rings is 3. The van der Waals surface area contributed by atoms with Crippen LogP contribution in [-0.4, -0.2) is 29.8 Å². The van der Waals surface area contributed by atoms with Crippen LogP contribution in [0.3, 0.4) is 0 Å². The number of aliphatic imine (C=N–C) groups is 1. The predicted octanol–water partition coefficient (Wildman–Crippen LogP) is 7.83. The number of rotatable bonds is 8. The van der Waals surface area contributed by atoms with E-state index in [-0.39, 0.29) is 17.9 Å². The lowest BCUT2D eigenvalue weighted by Gasteiger charge is -2.14. The van der Waals surface area contributed by atoms with Crippen molar-refractivity contribution in [3.05, 3.63) is 102 Å². The number of carbonyl (C=O) groups is 1. The molecule has 3 aromatic rings. The number of hydrogen-bond donors (Lipinski definition) is 1. The number of esters is 1. The first kappa shape index (κ1) is 27.3. The van der Waals surface area contributed by atoms with Crippen LogP contribution in [0.15, 0.2) is 92.4 Å². The highest BCUT2D eigenvalue weighted by Gasteiger charge is 2.33. The molecule has 4 rings (SSSR count). The van der Waals surface area contributed by atoms with Crippen molar-refractivity contribution in [2.75, 3.05) is 13.7 Å². The van der Waals surface area contributed by atoms with Crippen molar-refractivity contribution >= 4 is 73.1 Å². The second-order valence-corrected chi connectivity index (χ2v) is 10.9. The molecule has 0 aliphatic carbocycles. The summed E-state index contributed by atoms with van der Waals surface area (Å²) in [6.45, 7) is 2.30. The zero-order chi connectivity index (χ0) is 26.4. The number of methoxy groups -OCH3 is 1. The van der Waals surface area contributed by atoms with Gasteiger partial charge in [-0.2, -0.15) is 0 Å². The van der Waals surface area contributed by atoms with Gasteiger partial charge in [-0.05, 0) is 83.1 Å². The molecular formula is C28H23BrINO5S. The van der Waals surface area contributed by atoms with Crippen LogP contribution in [0.1, 0.15) is 18.1 Å². The van der Waals surface area contributed by atoms with Crippen molar-refractivity contribution in [1.29, 1.82) is 0 Å². The maximum absolute atomic E-state index is 12.7. The van der Waals surface area contributed by atoms with Crippen molar-refractivity contribution in [1.82, 2.24) is 0 Å². The van der Waals surface area contributed by atoms with E-state index < -0.39 is 5.97 Å². The monoisotopic (exact) mass is 691 g/mol. The van der Waals surface area contributed by atoms with Gasteiger partial charge in [0.2, 0.25) is 0 Å². The van der Waals surface area contributed by atoms with Gasteiger partial charge in [-0.25, -0.2) is 9.79 Å². The maximum atomic E-state index is 12.7. The van der Waals surface area contributed by atoms with E-state index in [4.69, 9.17) is 14.2 Å². The highest BCUT2D eigenvalue weighted by molar-refractivity contribution is 14.1. The Balaban J connectivity index is 1.65. The molecule has 1 aliphatic heterocycles. The first-order valence-corrected chi connectivity index (χ1v) is 14.0. The highest BCUT2D eigenvalue weighted by Crippen LogP contribution is 2.42. The molecule has 3 aromatic carbocycles. The van der Waals surface area contributed by atoms with Crippen LogP contribution in [-0.2, 0) is 16.1 Å². The number of para-hydroxylation sites is 1. The summed E-state index contributed by atoms with van der Waals surface area (Å²) in [7, 11) is 1.58. The minimum atomic E-state index is -0.616. The molecule has 0 fully saturated rings. The summed E-state index contributed by atoms with van der Waals surface area (Å²) >= 11 is 6.85. The van der Waals surface area contributed by atoms with Crippen LogP contribution in [0.5, 0.6) is 11.5 Å². The van der Waals surface area contributed by atoms with Crippen LogP contribution >= 0.6 is 50.3 Å². The summed E-state index contributed by atoms with van der Waals surface area (Å²) in [6.07, 6.45) is 1.79. The fraction of sp³-hybridized carbons (Fsp3) is 0.143. The largest absolute Gasteiger partial charge is 0.506 e.